The van der Waals surface area contributed by atoms with E-state index >= 15 is 0 Å². The van der Waals surface area contributed by atoms with Crippen LogP contribution in [0.3, 0.4) is 0 Å². The molecule has 1 aromatic rings. The van der Waals surface area contributed by atoms with Crippen molar-refractivity contribution in [2.75, 3.05) is 13.7 Å². The molecule has 0 bridgehead atoms. The van der Waals surface area contributed by atoms with E-state index in [1.54, 1.807) is 7.11 Å². The lowest BCUT2D eigenvalue weighted by molar-refractivity contribution is -0.0697. The number of methoxy groups -OCH3 is 1. The molecule has 3 heteroatoms. The Hall–Kier alpha value is -1.06. The minimum atomic E-state index is 0.229. The molecule has 0 saturated heterocycles. The van der Waals surface area contributed by atoms with Crippen LogP contribution in [0.1, 0.15) is 39.2 Å². The second kappa shape index (κ2) is 6.59. The summed E-state index contributed by atoms with van der Waals surface area (Å²) in [7, 11) is 1.72. The summed E-state index contributed by atoms with van der Waals surface area (Å²) in [4.78, 5) is 0. The van der Waals surface area contributed by atoms with Crippen LogP contribution in [0.25, 0.3) is 0 Å². The topological polar surface area (TPSA) is 30.5 Å². The fraction of sp³-hybridized carbons (Fsp3) is 0.647. The molecule has 1 saturated carbocycles. The van der Waals surface area contributed by atoms with Crippen LogP contribution in [0.2, 0.25) is 0 Å². The van der Waals surface area contributed by atoms with E-state index in [1.165, 1.54) is 0 Å². The Morgan fingerprint density at radius 2 is 2.15 bits per heavy atom. The Morgan fingerprint density at radius 3 is 2.80 bits per heavy atom. The van der Waals surface area contributed by atoms with Gasteiger partial charge < -0.3 is 14.8 Å². The zero-order chi connectivity index (χ0) is 14.6. The minimum Gasteiger partial charge on any atom is -0.490 e. The van der Waals surface area contributed by atoms with E-state index in [-0.39, 0.29) is 5.41 Å². The molecule has 3 atom stereocenters. The Bertz CT molecular complexity index is 435. The van der Waals surface area contributed by atoms with Crippen LogP contribution in [-0.2, 0) is 11.3 Å². The van der Waals surface area contributed by atoms with Crippen LogP contribution in [0.4, 0.5) is 0 Å². The predicted octanol–water partition coefficient (Wildman–Crippen LogP) is 3.38. The smallest absolute Gasteiger partial charge is 0.120 e. The molecule has 1 N–H and O–H groups in total. The number of hydrogen-bond donors (Lipinski definition) is 1. The molecule has 0 aliphatic heterocycles. The van der Waals surface area contributed by atoms with Crippen molar-refractivity contribution >= 4 is 0 Å². The first-order chi connectivity index (χ1) is 9.63. The van der Waals surface area contributed by atoms with Gasteiger partial charge >= 0.3 is 0 Å². The van der Waals surface area contributed by atoms with E-state index in [4.69, 9.17) is 9.47 Å². The Morgan fingerprint density at radius 1 is 1.35 bits per heavy atom. The normalized spacial score (nSPS) is 29.0. The lowest BCUT2D eigenvalue weighted by Gasteiger charge is -2.53. The Kier molecular flexibility index (Phi) is 5.06. The van der Waals surface area contributed by atoms with E-state index in [2.05, 4.69) is 38.2 Å². The van der Waals surface area contributed by atoms with E-state index < -0.39 is 0 Å². The number of benzene rings is 1. The van der Waals surface area contributed by atoms with Gasteiger partial charge in [0.1, 0.15) is 11.9 Å². The van der Waals surface area contributed by atoms with Gasteiger partial charge in [-0.25, -0.2) is 0 Å². The van der Waals surface area contributed by atoms with Crippen molar-refractivity contribution < 1.29 is 9.47 Å². The van der Waals surface area contributed by atoms with Gasteiger partial charge in [-0.2, -0.15) is 0 Å². The molecule has 112 valence electrons. The lowest BCUT2D eigenvalue weighted by Crippen LogP contribution is -2.63. The fourth-order valence-corrected chi connectivity index (χ4v) is 3.08. The average molecular weight is 277 g/mol. The molecule has 0 amide bonds. The summed E-state index contributed by atoms with van der Waals surface area (Å²) in [5.41, 5.74) is 1.39. The third-order valence-electron chi connectivity index (χ3n) is 4.68. The molecule has 0 heterocycles. The standard InChI is InChI=1S/C17H27NO2/c1-5-17(3)15(18-6-2)11-16(17)20-14-9-7-8-13(10-14)12-19-4/h7-10,15-16,18H,5-6,11-12H2,1-4H3. The molecule has 2 rings (SSSR count). The average Bonchev–Trinajstić information content (AvgIpc) is 2.46. The van der Waals surface area contributed by atoms with Gasteiger partial charge in [0.2, 0.25) is 0 Å². The van der Waals surface area contributed by atoms with E-state index in [0.717, 1.165) is 30.7 Å². The third kappa shape index (κ3) is 2.99. The molecular formula is C17H27NO2. The fourth-order valence-electron chi connectivity index (χ4n) is 3.08. The minimum absolute atomic E-state index is 0.229. The highest BCUT2D eigenvalue weighted by Gasteiger charge is 2.51. The summed E-state index contributed by atoms with van der Waals surface area (Å²) >= 11 is 0. The van der Waals surface area contributed by atoms with Crippen LogP contribution in [-0.4, -0.2) is 25.8 Å². The third-order valence-corrected chi connectivity index (χ3v) is 4.68. The van der Waals surface area contributed by atoms with Crippen LogP contribution in [0.5, 0.6) is 5.75 Å². The molecule has 1 aromatic carbocycles. The summed E-state index contributed by atoms with van der Waals surface area (Å²) in [6.45, 7) is 8.40. The molecule has 3 unspecified atom stereocenters. The SMILES string of the molecule is CCNC1CC(Oc2cccc(COC)c2)C1(C)CC. The number of ether oxygens (including phenoxy) is 2. The van der Waals surface area contributed by atoms with Gasteiger partial charge in [0.25, 0.3) is 0 Å². The van der Waals surface area contributed by atoms with Crippen molar-refractivity contribution in [3.05, 3.63) is 29.8 Å². The largest absolute Gasteiger partial charge is 0.490 e. The monoisotopic (exact) mass is 277 g/mol. The first kappa shape index (κ1) is 15.3. The van der Waals surface area contributed by atoms with Gasteiger partial charge in [0.05, 0.1) is 6.61 Å². The van der Waals surface area contributed by atoms with Crippen LogP contribution in [0.15, 0.2) is 24.3 Å². The highest BCUT2D eigenvalue weighted by Crippen LogP contribution is 2.46. The number of nitrogens with one attached hydrogen (secondary N) is 1. The van der Waals surface area contributed by atoms with Gasteiger partial charge in [0, 0.05) is 25.0 Å². The summed E-state index contributed by atoms with van der Waals surface area (Å²) in [5.74, 6) is 0.958. The molecule has 1 aliphatic carbocycles. The van der Waals surface area contributed by atoms with Crippen molar-refractivity contribution in [3.63, 3.8) is 0 Å². The lowest BCUT2D eigenvalue weighted by atomic mass is 9.61. The first-order valence-corrected chi connectivity index (χ1v) is 7.62. The van der Waals surface area contributed by atoms with Gasteiger partial charge in [-0.05, 0) is 30.7 Å². The number of rotatable bonds is 7. The second-order valence-electron chi connectivity index (χ2n) is 5.89. The first-order valence-electron chi connectivity index (χ1n) is 7.62. The van der Waals surface area contributed by atoms with Crippen molar-refractivity contribution in [2.45, 2.75) is 52.4 Å². The molecule has 3 nitrogen and oxygen atoms in total. The zero-order valence-corrected chi connectivity index (χ0v) is 13.1. The van der Waals surface area contributed by atoms with Crippen LogP contribution in [0, 0.1) is 5.41 Å². The number of hydrogen-bond acceptors (Lipinski definition) is 3. The van der Waals surface area contributed by atoms with Gasteiger partial charge in [-0.3, -0.25) is 0 Å². The summed E-state index contributed by atoms with van der Waals surface area (Å²) in [5, 5.41) is 3.57. The quantitative estimate of drug-likeness (QED) is 0.829. The Balaban J connectivity index is 2.01. The van der Waals surface area contributed by atoms with Gasteiger partial charge in [-0.1, -0.05) is 32.9 Å². The molecule has 1 fully saturated rings. The van der Waals surface area contributed by atoms with Crippen molar-refractivity contribution in [3.8, 4) is 5.75 Å². The molecular weight excluding hydrogens is 250 g/mol. The van der Waals surface area contributed by atoms with Crippen molar-refractivity contribution in [1.29, 1.82) is 0 Å². The molecule has 1 aliphatic rings. The van der Waals surface area contributed by atoms with Gasteiger partial charge in [-0.15, -0.1) is 0 Å². The summed E-state index contributed by atoms with van der Waals surface area (Å²) in [6.07, 6.45) is 2.52. The van der Waals surface area contributed by atoms with E-state index in [1.807, 2.05) is 12.1 Å². The zero-order valence-electron chi connectivity index (χ0n) is 13.1. The van der Waals surface area contributed by atoms with Crippen molar-refractivity contribution in [1.82, 2.24) is 5.32 Å². The molecule has 0 radical (unpaired) electrons. The van der Waals surface area contributed by atoms with Crippen molar-refractivity contribution in [2.24, 2.45) is 5.41 Å². The summed E-state index contributed by atoms with van der Waals surface area (Å²) in [6, 6.07) is 8.80. The Labute approximate surface area is 122 Å². The molecule has 0 spiro atoms. The maximum atomic E-state index is 6.22. The summed E-state index contributed by atoms with van der Waals surface area (Å²) < 4.78 is 11.4. The van der Waals surface area contributed by atoms with Crippen LogP contribution >= 0.6 is 0 Å². The van der Waals surface area contributed by atoms with Gasteiger partial charge in [0.15, 0.2) is 0 Å². The second-order valence-corrected chi connectivity index (χ2v) is 5.89. The predicted molar refractivity (Wildman–Crippen MR) is 82.1 cm³/mol. The maximum Gasteiger partial charge on any atom is 0.120 e. The van der Waals surface area contributed by atoms with E-state index in [0.29, 0.717) is 18.8 Å². The molecule has 0 aromatic heterocycles. The van der Waals surface area contributed by atoms with E-state index in [9.17, 15) is 0 Å². The highest BCUT2D eigenvalue weighted by atomic mass is 16.5. The maximum absolute atomic E-state index is 6.22. The highest BCUT2D eigenvalue weighted by molar-refractivity contribution is 5.29. The van der Waals surface area contributed by atoms with Crippen LogP contribution < -0.4 is 10.1 Å². The molecule has 20 heavy (non-hydrogen) atoms.